The number of hydrogen-bond donors (Lipinski definition) is 2. The van der Waals surface area contributed by atoms with Gasteiger partial charge in [0.05, 0.1) is 12.4 Å². The fourth-order valence-electron chi connectivity index (χ4n) is 0.705. The summed E-state index contributed by atoms with van der Waals surface area (Å²) in [5, 5.41) is 3.01. The first-order chi connectivity index (χ1) is 6.09. The van der Waals surface area contributed by atoms with Gasteiger partial charge in [0.25, 0.3) is 0 Å². The molecule has 1 unspecified atom stereocenters. The molecule has 1 rings (SSSR count). The smallest absolute Gasteiger partial charge is 0.239 e. The second-order valence-corrected chi connectivity index (χ2v) is 2.88. The molecule has 1 heterocycles. The number of carbonyl (C=O) groups is 1. The number of rotatable bonds is 3. The third kappa shape index (κ3) is 2.87. The number of nitrogens with two attached hydrogens (primary N) is 1. The quantitative estimate of drug-likeness (QED) is 0.741. The van der Waals surface area contributed by atoms with E-state index in [1.165, 1.54) is 12.4 Å². The van der Waals surface area contributed by atoms with Crippen LogP contribution in [0.4, 0.5) is 5.82 Å². The summed E-state index contributed by atoms with van der Waals surface area (Å²) >= 11 is 5.58. The van der Waals surface area contributed by atoms with Crippen molar-refractivity contribution in [3.8, 4) is 0 Å². The Hall–Kier alpha value is -1.36. The van der Waals surface area contributed by atoms with Gasteiger partial charge in [0, 0.05) is 0 Å². The van der Waals surface area contributed by atoms with E-state index in [0.717, 1.165) is 0 Å². The molecule has 0 aliphatic rings. The minimum atomic E-state index is -0.493. The summed E-state index contributed by atoms with van der Waals surface area (Å²) in [5.41, 5.74) is 5.04. The highest BCUT2D eigenvalue weighted by Crippen LogP contribution is 2.07. The Morgan fingerprint density at radius 2 is 2.38 bits per heavy atom. The SMILES string of the molecule is CC(Nc1cncc(Cl)n1)C(N)=O. The molecule has 0 bridgehead atoms. The van der Waals surface area contributed by atoms with Gasteiger partial charge in [-0.1, -0.05) is 11.6 Å². The van der Waals surface area contributed by atoms with Crippen molar-refractivity contribution in [3.63, 3.8) is 0 Å². The molecule has 6 heteroatoms. The molecular weight excluding hydrogens is 192 g/mol. The van der Waals surface area contributed by atoms with Crippen molar-refractivity contribution in [2.24, 2.45) is 5.73 Å². The van der Waals surface area contributed by atoms with E-state index in [1.54, 1.807) is 6.92 Å². The van der Waals surface area contributed by atoms with Crippen molar-refractivity contribution in [1.82, 2.24) is 9.97 Å². The van der Waals surface area contributed by atoms with Gasteiger partial charge in [-0.15, -0.1) is 0 Å². The Bertz CT molecular complexity index is 317. The summed E-state index contributed by atoms with van der Waals surface area (Å²) in [6, 6.07) is -0.493. The van der Waals surface area contributed by atoms with Gasteiger partial charge >= 0.3 is 0 Å². The standard InChI is InChI=1S/C7H9ClN4O/c1-4(7(9)13)11-6-3-10-2-5(8)12-6/h2-4H,1H3,(H2,9,13)(H,11,12). The van der Waals surface area contributed by atoms with Gasteiger partial charge in [0.2, 0.25) is 5.91 Å². The monoisotopic (exact) mass is 200 g/mol. The average molecular weight is 201 g/mol. The van der Waals surface area contributed by atoms with Gasteiger partial charge in [0.15, 0.2) is 0 Å². The number of amides is 1. The molecule has 1 aromatic rings. The van der Waals surface area contributed by atoms with E-state index in [4.69, 9.17) is 17.3 Å². The summed E-state index contributed by atoms with van der Waals surface area (Å²) in [4.78, 5) is 18.3. The first-order valence-corrected chi connectivity index (χ1v) is 4.01. The van der Waals surface area contributed by atoms with Crippen LogP contribution in [0.1, 0.15) is 6.92 Å². The topological polar surface area (TPSA) is 80.9 Å². The van der Waals surface area contributed by atoms with Gasteiger partial charge in [-0.25, -0.2) is 4.98 Å². The Kier molecular flexibility index (Phi) is 3.02. The molecular formula is C7H9ClN4O. The predicted octanol–water partition coefficient (Wildman–Crippen LogP) is 0.416. The molecule has 3 N–H and O–H groups in total. The van der Waals surface area contributed by atoms with Crippen LogP contribution < -0.4 is 11.1 Å². The van der Waals surface area contributed by atoms with Crippen LogP contribution in [0.2, 0.25) is 5.15 Å². The molecule has 0 fully saturated rings. The van der Waals surface area contributed by atoms with Crippen molar-refractivity contribution in [3.05, 3.63) is 17.5 Å². The lowest BCUT2D eigenvalue weighted by atomic mass is 10.3. The molecule has 1 amide bonds. The lowest BCUT2D eigenvalue weighted by Crippen LogP contribution is -2.32. The van der Waals surface area contributed by atoms with Crippen LogP contribution >= 0.6 is 11.6 Å². The molecule has 1 atom stereocenters. The molecule has 0 aliphatic heterocycles. The van der Waals surface area contributed by atoms with E-state index in [-0.39, 0.29) is 5.15 Å². The fraction of sp³-hybridized carbons (Fsp3) is 0.286. The molecule has 0 radical (unpaired) electrons. The fourth-order valence-corrected chi connectivity index (χ4v) is 0.852. The summed E-state index contributed by atoms with van der Waals surface area (Å²) < 4.78 is 0. The van der Waals surface area contributed by atoms with E-state index in [1.807, 2.05) is 0 Å². The number of carbonyl (C=O) groups excluding carboxylic acids is 1. The highest BCUT2D eigenvalue weighted by atomic mass is 35.5. The van der Waals surface area contributed by atoms with E-state index in [2.05, 4.69) is 15.3 Å². The van der Waals surface area contributed by atoms with Crippen LogP contribution in [0.15, 0.2) is 12.4 Å². The Morgan fingerprint density at radius 1 is 1.69 bits per heavy atom. The molecule has 70 valence electrons. The highest BCUT2D eigenvalue weighted by molar-refractivity contribution is 6.29. The zero-order valence-corrected chi connectivity index (χ0v) is 7.75. The predicted molar refractivity (Wildman–Crippen MR) is 49.3 cm³/mol. The second kappa shape index (κ2) is 4.04. The molecule has 5 nitrogen and oxygen atoms in total. The average Bonchev–Trinajstić information content (AvgIpc) is 2.04. The third-order valence-electron chi connectivity index (χ3n) is 1.40. The zero-order valence-electron chi connectivity index (χ0n) is 6.99. The number of anilines is 1. The number of primary amides is 1. The molecule has 0 spiro atoms. The Morgan fingerprint density at radius 3 is 2.92 bits per heavy atom. The molecule has 0 saturated heterocycles. The first-order valence-electron chi connectivity index (χ1n) is 3.63. The summed E-state index contributed by atoms with van der Waals surface area (Å²) in [5.74, 6) is -0.0272. The van der Waals surface area contributed by atoms with Gasteiger partial charge in [-0.05, 0) is 6.92 Å². The molecule has 13 heavy (non-hydrogen) atoms. The number of nitrogens with one attached hydrogen (secondary N) is 1. The van der Waals surface area contributed by atoms with Crippen LogP contribution in [0.5, 0.6) is 0 Å². The van der Waals surface area contributed by atoms with Crippen LogP contribution in [0.3, 0.4) is 0 Å². The van der Waals surface area contributed by atoms with Gasteiger partial charge in [0.1, 0.15) is 17.0 Å². The number of halogens is 1. The lowest BCUT2D eigenvalue weighted by Gasteiger charge is -2.09. The summed E-state index contributed by atoms with van der Waals surface area (Å²) in [6.07, 6.45) is 2.87. The molecule has 0 saturated carbocycles. The van der Waals surface area contributed by atoms with E-state index in [9.17, 15) is 4.79 Å². The van der Waals surface area contributed by atoms with Crippen molar-refractivity contribution >= 4 is 23.3 Å². The third-order valence-corrected chi connectivity index (χ3v) is 1.58. The highest BCUT2D eigenvalue weighted by Gasteiger charge is 2.08. The number of nitrogens with zero attached hydrogens (tertiary/aromatic N) is 2. The second-order valence-electron chi connectivity index (χ2n) is 2.50. The summed E-state index contributed by atoms with van der Waals surface area (Å²) in [7, 11) is 0. The van der Waals surface area contributed by atoms with Crippen LogP contribution in [0, 0.1) is 0 Å². The molecule has 0 aromatic carbocycles. The Balaban J connectivity index is 2.69. The van der Waals surface area contributed by atoms with Crippen molar-refractivity contribution in [1.29, 1.82) is 0 Å². The summed E-state index contributed by atoms with van der Waals surface area (Å²) in [6.45, 7) is 1.63. The van der Waals surface area contributed by atoms with Gasteiger partial charge in [-0.3, -0.25) is 9.78 Å². The van der Waals surface area contributed by atoms with Gasteiger partial charge in [-0.2, -0.15) is 0 Å². The zero-order chi connectivity index (χ0) is 9.84. The lowest BCUT2D eigenvalue weighted by molar-refractivity contribution is -0.118. The number of hydrogen-bond acceptors (Lipinski definition) is 4. The van der Waals surface area contributed by atoms with Crippen LogP contribution in [0.25, 0.3) is 0 Å². The van der Waals surface area contributed by atoms with E-state index < -0.39 is 11.9 Å². The minimum Gasteiger partial charge on any atom is -0.368 e. The molecule has 1 aromatic heterocycles. The van der Waals surface area contributed by atoms with Gasteiger partial charge < -0.3 is 11.1 Å². The maximum atomic E-state index is 10.7. The van der Waals surface area contributed by atoms with Crippen molar-refractivity contribution < 1.29 is 4.79 Å². The first kappa shape index (κ1) is 9.73. The largest absolute Gasteiger partial charge is 0.368 e. The van der Waals surface area contributed by atoms with Crippen molar-refractivity contribution in [2.75, 3.05) is 5.32 Å². The Labute approximate surface area is 80.3 Å². The normalized spacial score (nSPS) is 12.2. The van der Waals surface area contributed by atoms with Crippen LogP contribution in [-0.4, -0.2) is 21.9 Å². The maximum Gasteiger partial charge on any atom is 0.239 e. The van der Waals surface area contributed by atoms with Crippen molar-refractivity contribution in [2.45, 2.75) is 13.0 Å². The van der Waals surface area contributed by atoms with E-state index in [0.29, 0.717) is 5.82 Å². The van der Waals surface area contributed by atoms with E-state index >= 15 is 0 Å². The van der Waals surface area contributed by atoms with Crippen LogP contribution in [-0.2, 0) is 4.79 Å². The minimum absolute atomic E-state index is 0.265. The maximum absolute atomic E-state index is 10.7. The number of aromatic nitrogens is 2. The molecule has 0 aliphatic carbocycles.